The van der Waals surface area contributed by atoms with Crippen LogP contribution in [0.1, 0.15) is 22.3 Å². The van der Waals surface area contributed by atoms with Crippen LogP contribution in [-0.2, 0) is 19.6 Å². The molecule has 0 aliphatic carbocycles. The standard InChI is InChI=1S/C16H17FN2/c1-11-5-6-14(17)7-13(11)9-19-8-12-3-2-4-16(18)15(12)10-19/h2-7H,8-10,18H2,1H3. The molecule has 1 aliphatic rings. The SMILES string of the molecule is Cc1ccc(F)cc1CN1Cc2cccc(N)c2C1. The quantitative estimate of drug-likeness (QED) is 0.836. The molecular weight excluding hydrogens is 239 g/mol. The third kappa shape index (κ3) is 2.34. The highest BCUT2D eigenvalue weighted by molar-refractivity contribution is 5.52. The van der Waals surface area contributed by atoms with Gasteiger partial charge in [-0.1, -0.05) is 18.2 Å². The van der Waals surface area contributed by atoms with Gasteiger partial charge in [0.2, 0.25) is 0 Å². The predicted octanol–water partition coefficient (Wildman–Crippen LogP) is 3.23. The van der Waals surface area contributed by atoms with Gasteiger partial charge in [0.15, 0.2) is 0 Å². The van der Waals surface area contributed by atoms with Crippen molar-refractivity contribution in [1.29, 1.82) is 0 Å². The number of halogens is 1. The number of nitrogens with zero attached hydrogens (tertiary/aromatic N) is 1. The van der Waals surface area contributed by atoms with Gasteiger partial charge >= 0.3 is 0 Å². The van der Waals surface area contributed by atoms with Crippen molar-refractivity contribution < 1.29 is 4.39 Å². The van der Waals surface area contributed by atoms with E-state index in [0.717, 1.165) is 36.4 Å². The Bertz CT molecular complexity index is 622. The summed E-state index contributed by atoms with van der Waals surface area (Å²) < 4.78 is 13.3. The highest BCUT2D eigenvalue weighted by Crippen LogP contribution is 2.29. The number of hydrogen-bond acceptors (Lipinski definition) is 2. The van der Waals surface area contributed by atoms with Crippen LogP contribution in [0.25, 0.3) is 0 Å². The molecule has 3 heteroatoms. The number of aryl methyl sites for hydroxylation is 1. The summed E-state index contributed by atoms with van der Waals surface area (Å²) in [6.07, 6.45) is 0. The second-order valence-corrected chi connectivity index (χ2v) is 5.20. The minimum Gasteiger partial charge on any atom is -0.398 e. The fourth-order valence-electron chi connectivity index (χ4n) is 2.68. The molecule has 0 atom stereocenters. The van der Waals surface area contributed by atoms with E-state index in [1.54, 1.807) is 6.07 Å². The van der Waals surface area contributed by atoms with E-state index in [-0.39, 0.29) is 5.82 Å². The Labute approximate surface area is 112 Å². The molecule has 0 saturated carbocycles. The highest BCUT2D eigenvalue weighted by Gasteiger charge is 2.21. The first-order valence-corrected chi connectivity index (χ1v) is 6.47. The summed E-state index contributed by atoms with van der Waals surface area (Å²) in [7, 11) is 0. The van der Waals surface area contributed by atoms with E-state index in [4.69, 9.17) is 5.73 Å². The molecule has 0 saturated heterocycles. The Morgan fingerprint density at radius 1 is 1.21 bits per heavy atom. The molecule has 1 aliphatic heterocycles. The molecule has 2 aromatic rings. The molecule has 2 nitrogen and oxygen atoms in total. The van der Waals surface area contributed by atoms with Crippen LogP contribution in [0.15, 0.2) is 36.4 Å². The highest BCUT2D eigenvalue weighted by atomic mass is 19.1. The monoisotopic (exact) mass is 256 g/mol. The summed E-state index contributed by atoms with van der Waals surface area (Å²) in [6.45, 7) is 4.51. The van der Waals surface area contributed by atoms with Crippen molar-refractivity contribution >= 4 is 5.69 Å². The van der Waals surface area contributed by atoms with Crippen molar-refractivity contribution in [3.63, 3.8) is 0 Å². The lowest BCUT2D eigenvalue weighted by Gasteiger charge is -2.16. The van der Waals surface area contributed by atoms with Gasteiger partial charge in [-0.3, -0.25) is 4.90 Å². The van der Waals surface area contributed by atoms with Crippen LogP contribution in [0.2, 0.25) is 0 Å². The Morgan fingerprint density at radius 3 is 2.84 bits per heavy atom. The molecule has 0 fully saturated rings. The molecule has 2 N–H and O–H groups in total. The Balaban J connectivity index is 1.81. The maximum absolute atomic E-state index is 13.3. The van der Waals surface area contributed by atoms with E-state index < -0.39 is 0 Å². The van der Waals surface area contributed by atoms with Crippen LogP contribution >= 0.6 is 0 Å². The summed E-state index contributed by atoms with van der Waals surface area (Å²) in [5.41, 5.74) is 11.5. The van der Waals surface area contributed by atoms with Crippen LogP contribution in [0.3, 0.4) is 0 Å². The van der Waals surface area contributed by atoms with Gasteiger partial charge in [-0.2, -0.15) is 0 Å². The average Bonchev–Trinajstić information content (AvgIpc) is 2.78. The molecule has 0 unspecified atom stereocenters. The topological polar surface area (TPSA) is 29.3 Å². The van der Waals surface area contributed by atoms with E-state index in [2.05, 4.69) is 11.0 Å². The lowest BCUT2D eigenvalue weighted by molar-refractivity contribution is 0.275. The summed E-state index contributed by atoms with van der Waals surface area (Å²) in [4.78, 5) is 2.29. The number of fused-ring (bicyclic) bond motifs is 1. The van der Waals surface area contributed by atoms with Gasteiger partial charge in [-0.05, 0) is 47.4 Å². The van der Waals surface area contributed by atoms with Crippen LogP contribution in [-0.4, -0.2) is 4.90 Å². The third-order valence-electron chi connectivity index (χ3n) is 3.79. The Hall–Kier alpha value is -1.87. The predicted molar refractivity (Wildman–Crippen MR) is 74.9 cm³/mol. The number of hydrogen-bond donors (Lipinski definition) is 1. The van der Waals surface area contributed by atoms with Crippen LogP contribution in [0.5, 0.6) is 0 Å². The van der Waals surface area contributed by atoms with Gasteiger partial charge < -0.3 is 5.73 Å². The minimum atomic E-state index is -0.170. The lowest BCUT2D eigenvalue weighted by Crippen LogP contribution is -2.16. The molecule has 0 bridgehead atoms. The fraction of sp³-hybridized carbons (Fsp3) is 0.250. The molecule has 0 radical (unpaired) electrons. The van der Waals surface area contributed by atoms with Crippen molar-refractivity contribution in [1.82, 2.24) is 4.90 Å². The lowest BCUT2D eigenvalue weighted by atomic mass is 10.1. The average molecular weight is 256 g/mol. The summed E-state index contributed by atoms with van der Waals surface area (Å²) in [5, 5.41) is 0. The number of nitrogen functional groups attached to an aromatic ring is 1. The van der Waals surface area contributed by atoms with Gasteiger partial charge in [0.25, 0.3) is 0 Å². The first-order chi connectivity index (χ1) is 9.13. The second kappa shape index (κ2) is 4.67. The molecule has 0 amide bonds. The van der Waals surface area contributed by atoms with Crippen molar-refractivity contribution in [3.05, 3.63) is 64.5 Å². The van der Waals surface area contributed by atoms with Crippen molar-refractivity contribution in [2.45, 2.75) is 26.6 Å². The zero-order valence-corrected chi connectivity index (χ0v) is 11.0. The zero-order valence-electron chi connectivity index (χ0n) is 11.0. The normalized spacial score (nSPS) is 14.6. The van der Waals surface area contributed by atoms with Gasteiger partial charge in [0, 0.05) is 25.3 Å². The van der Waals surface area contributed by atoms with Gasteiger partial charge in [-0.25, -0.2) is 4.39 Å². The Kier molecular flexibility index (Phi) is 2.99. The smallest absolute Gasteiger partial charge is 0.123 e. The number of benzene rings is 2. The summed E-state index contributed by atoms with van der Waals surface area (Å²) in [6, 6.07) is 11.0. The van der Waals surface area contributed by atoms with E-state index >= 15 is 0 Å². The van der Waals surface area contributed by atoms with Gasteiger partial charge in [-0.15, -0.1) is 0 Å². The Morgan fingerprint density at radius 2 is 2.05 bits per heavy atom. The molecule has 2 aromatic carbocycles. The van der Waals surface area contributed by atoms with Crippen molar-refractivity contribution in [2.75, 3.05) is 5.73 Å². The van der Waals surface area contributed by atoms with Gasteiger partial charge in [0.1, 0.15) is 5.82 Å². The summed E-state index contributed by atoms with van der Waals surface area (Å²) in [5.74, 6) is -0.170. The molecule has 0 spiro atoms. The van der Waals surface area contributed by atoms with E-state index in [1.165, 1.54) is 17.2 Å². The molecular formula is C16H17FN2. The maximum Gasteiger partial charge on any atom is 0.123 e. The van der Waals surface area contributed by atoms with E-state index in [1.807, 2.05) is 25.1 Å². The van der Waals surface area contributed by atoms with E-state index in [9.17, 15) is 4.39 Å². The van der Waals surface area contributed by atoms with Gasteiger partial charge in [0.05, 0.1) is 0 Å². The summed E-state index contributed by atoms with van der Waals surface area (Å²) >= 11 is 0. The van der Waals surface area contributed by atoms with E-state index in [0.29, 0.717) is 0 Å². The first-order valence-electron chi connectivity index (χ1n) is 6.47. The fourth-order valence-corrected chi connectivity index (χ4v) is 2.68. The zero-order chi connectivity index (χ0) is 13.4. The number of nitrogens with two attached hydrogens (primary N) is 1. The molecule has 19 heavy (non-hydrogen) atoms. The molecule has 3 rings (SSSR count). The molecule has 0 aromatic heterocycles. The van der Waals surface area contributed by atoms with Crippen LogP contribution in [0.4, 0.5) is 10.1 Å². The van der Waals surface area contributed by atoms with Crippen LogP contribution in [0, 0.1) is 12.7 Å². The minimum absolute atomic E-state index is 0.170. The maximum atomic E-state index is 13.3. The second-order valence-electron chi connectivity index (χ2n) is 5.20. The number of anilines is 1. The molecule has 98 valence electrons. The van der Waals surface area contributed by atoms with Crippen LogP contribution < -0.4 is 5.73 Å². The largest absolute Gasteiger partial charge is 0.398 e. The molecule has 1 heterocycles. The third-order valence-corrected chi connectivity index (χ3v) is 3.79. The van der Waals surface area contributed by atoms with Crippen molar-refractivity contribution in [2.24, 2.45) is 0 Å². The first kappa shape index (κ1) is 12.2. The van der Waals surface area contributed by atoms with Crippen molar-refractivity contribution in [3.8, 4) is 0 Å². The number of rotatable bonds is 2.